The molecule has 1 heterocycles. The van der Waals surface area contributed by atoms with E-state index in [2.05, 4.69) is 0 Å². The Balaban J connectivity index is 2.56. The predicted octanol–water partition coefficient (Wildman–Crippen LogP) is 3.02. The lowest BCUT2D eigenvalue weighted by Gasteiger charge is -2.28. The number of anilines is 1. The van der Waals surface area contributed by atoms with Gasteiger partial charge in [-0.25, -0.2) is 4.79 Å². The summed E-state index contributed by atoms with van der Waals surface area (Å²) in [7, 11) is 0. The fourth-order valence-corrected chi connectivity index (χ4v) is 2.29. The van der Waals surface area contributed by atoms with Gasteiger partial charge in [0.2, 0.25) is 0 Å². The summed E-state index contributed by atoms with van der Waals surface area (Å²) in [6.07, 6.45) is 1.39. The Labute approximate surface area is 122 Å². The molecule has 0 bridgehead atoms. The molecule has 0 aliphatic carbocycles. The lowest BCUT2D eigenvalue weighted by atomic mass is 10.1. The number of hydrogen-bond donors (Lipinski definition) is 1. The molecule has 0 radical (unpaired) electrons. The van der Waals surface area contributed by atoms with Crippen LogP contribution >= 0.6 is 0 Å². The van der Waals surface area contributed by atoms with Crippen LogP contribution in [-0.4, -0.2) is 23.0 Å². The summed E-state index contributed by atoms with van der Waals surface area (Å²) < 4.78 is 5.12. The average Bonchev–Trinajstić information content (AvgIpc) is 2.95. The molecule has 0 saturated heterocycles. The first-order valence-corrected chi connectivity index (χ1v) is 6.59. The number of carboxylic acids is 1. The molecule has 0 fully saturated rings. The van der Waals surface area contributed by atoms with E-state index < -0.39 is 17.9 Å². The molecule has 2 rings (SSSR count). The van der Waals surface area contributed by atoms with Crippen LogP contribution in [0.25, 0.3) is 0 Å². The number of amides is 1. The van der Waals surface area contributed by atoms with Crippen LogP contribution in [0, 0.1) is 13.8 Å². The predicted molar refractivity (Wildman–Crippen MR) is 78.5 cm³/mol. The van der Waals surface area contributed by atoms with E-state index in [1.807, 2.05) is 32.0 Å². The molecule has 1 atom stereocenters. The van der Waals surface area contributed by atoms with E-state index in [0.717, 1.165) is 11.1 Å². The minimum Gasteiger partial charge on any atom is -0.480 e. The summed E-state index contributed by atoms with van der Waals surface area (Å²) in [5.74, 6) is -1.42. The molecule has 0 aliphatic rings. The van der Waals surface area contributed by atoms with E-state index in [-0.39, 0.29) is 5.76 Å². The first-order valence-electron chi connectivity index (χ1n) is 6.59. The second kappa shape index (κ2) is 5.83. The molecule has 1 amide bonds. The van der Waals surface area contributed by atoms with Crippen molar-refractivity contribution in [2.45, 2.75) is 26.8 Å². The van der Waals surface area contributed by atoms with Gasteiger partial charge < -0.3 is 9.52 Å². The molecule has 0 spiro atoms. The van der Waals surface area contributed by atoms with Gasteiger partial charge in [0, 0.05) is 0 Å². The standard InChI is InChI=1S/C16H17NO4/c1-10-6-4-7-11(2)14(10)17(12(3)16(19)20)15(18)13-8-5-9-21-13/h4-9,12H,1-3H3,(H,19,20)/t12-/m1/s1. The smallest absolute Gasteiger partial charge is 0.326 e. The Bertz CT molecular complexity index is 641. The molecule has 1 N–H and O–H groups in total. The number of rotatable bonds is 4. The number of benzene rings is 1. The van der Waals surface area contributed by atoms with Gasteiger partial charge in [-0.3, -0.25) is 9.69 Å². The van der Waals surface area contributed by atoms with E-state index in [0.29, 0.717) is 5.69 Å². The van der Waals surface area contributed by atoms with Gasteiger partial charge in [0.1, 0.15) is 6.04 Å². The molecule has 0 unspecified atom stereocenters. The molecule has 2 aromatic rings. The highest BCUT2D eigenvalue weighted by Crippen LogP contribution is 2.28. The van der Waals surface area contributed by atoms with Crippen molar-refractivity contribution in [1.82, 2.24) is 0 Å². The lowest BCUT2D eigenvalue weighted by molar-refractivity contribution is -0.138. The minimum atomic E-state index is -1.07. The van der Waals surface area contributed by atoms with Gasteiger partial charge in [-0.15, -0.1) is 0 Å². The zero-order valence-corrected chi connectivity index (χ0v) is 12.2. The number of aryl methyl sites for hydroxylation is 2. The van der Waals surface area contributed by atoms with Crippen molar-refractivity contribution in [2.24, 2.45) is 0 Å². The van der Waals surface area contributed by atoms with E-state index in [1.54, 1.807) is 6.07 Å². The van der Waals surface area contributed by atoms with Crippen LogP contribution in [0.15, 0.2) is 41.0 Å². The van der Waals surface area contributed by atoms with E-state index in [1.165, 1.54) is 24.2 Å². The second-order valence-corrected chi connectivity index (χ2v) is 4.91. The highest BCUT2D eigenvalue weighted by atomic mass is 16.4. The molecule has 5 nitrogen and oxygen atoms in total. The fraction of sp³-hybridized carbons (Fsp3) is 0.250. The van der Waals surface area contributed by atoms with Crippen LogP contribution < -0.4 is 4.90 Å². The number of para-hydroxylation sites is 1. The monoisotopic (exact) mass is 287 g/mol. The maximum absolute atomic E-state index is 12.6. The summed E-state index contributed by atoms with van der Waals surface area (Å²) in [6, 6.07) is 7.69. The number of aliphatic carboxylic acids is 1. The number of nitrogens with zero attached hydrogens (tertiary/aromatic N) is 1. The topological polar surface area (TPSA) is 70.8 Å². The second-order valence-electron chi connectivity index (χ2n) is 4.91. The third-order valence-electron chi connectivity index (χ3n) is 3.38. The fourth-order valence-electron chi connectivity index (χ4n) is 2.29. The Morgan fingerprint density at radius 3 is 2.24 bits per heavy atom. The third-order valence-corrected chi connectivity index (χ3v) is 3.38. The molecule has 0 saturated carbocycles. The van der Waals surface area contributed by atoms with Crippen molar-refractivity contribution in [3.05, 3.63) is 53.5 Å². The normalized spacial score (nSPS) is 12.0. The number of carbonyl (C=O) groups is 2. The largest absolute Gasteiger partial charge is 0.480 e. The molecular weight excluding hydrogens is 270 g/mol. The van der Waals surface area contributed by atoms with Gasteiger partial charge in [0.25, 0.3) is 5.91 Å². The number of hydrogen-bond acceptors (Lipinski definition) is 3. The Hall–Kier alpha value is -2.56. The van der Waals surface area contributed by atoms with Crippen LogP contribution in [0.5, 0.6) is 0 Å². The molecule has 0 aliphatic heterocycles. The minimum absolute atomic E-state index is 0.116. The van der Waals surface area contributed by atoms with Gasteiger partial charge >= 0.3 is 5.97 Å². The van der Waals surface area contributed by atoms with Crippen LogP contribution in [0.4, 0.5) is 5.69 Å². The zero-order valence-electron chi connectivity index (χ0n) is 12.2. The summed E-state index contributed by atoms with van der Waals surface area (Å²) in [4.78, 5) is 25.3. The van der Waals surface area contributed by atoms with Gasteiger partial charge in [0.15, 0.2) is 5.76 Å². The van der Waals surface area contributed by atoms with E-state index in [4.69, 9.17) is 4.42 Å². The van der Waals surface area contributed by atoms with E-state index in [9.17, 15) is 14.7 Å². The Kier molecular flexibility index (Phi) is 4.12. The quantitative estimate of drug-likeness (QED) is 0.938. The van der Waals surface area contributed by atoms with Gasteiger partial charge in [-0.05, 0) is 44.0 Å². The summed E-state index contributed by atoms with van der Waals surface area (Å²) in [5.41, 5.74) is 2.28. The number of carboxylic acid groups (broad SMARTS) is 1. The van der Waals surface area contributed by atoms with Crippen LogP contribution in [0.2, 0.25) is 0 Å². The van der Waals surface area contributed by atoms with Crippen LogP contribution in [0.3, 0.4) is 0 Å². The SMILES string of the molecule is Cc1cccc(C)c1N(C(=O)c1ccco1)[C@H](C)C(=O)O. The zero-order chi connectivity index (χ0) is 15.6. The maximum Gasteiger partial charge on any atom is 0.326 e. The molecule has 5 heteroatoms. The Morgan fingerprint density at radius 1 is 1.14 bits per heavy atom. The van der Waals surface area contributed by atoms with Crippen molar-refractivity contribution >= 4 is 17.6 Å². The molecule has 1 aromatic carbocycles. The van der Waals surface area contributed by atoms with Crippen molar-refractivity contribution in [2.75, 3.05) is 4.90 Å². The molecule has 1 aromatic heterocycles. The molecular formula is C16H17NO4. The first-order chi connectivity index (χ1) is 9.93. The van der Waals surface area contributed by atoms with E-state index >= 15 is 0 Å². The van der Waals surface area contributed by atoms with Crippen LogP contribution in [-0.2, 0) is 4.79 Å². The van der Waals surface area contributed by atoms with Gasteiger partial charge in [-0.1, -0.05) is 18.2 Å². The van der Waals surface area contributed by atoms with Gasteiger partial charge in [0.05, 0.1) is 12.0 Å². The molecule has 21 heavy (non-hydrogen) atoms. The van der Waals surface area contributed by atoms with Crippen molar-refractivity contribution in [1.29, 1.82) is 0 Å². The summed E-state index contributed by atoms with van der Waals surface area (Å²) >= 11 is 0. The lowest BCUT2D eigenvalue weighted by Crippen LogP contribution is -2.44. The first kappa shape index (κ1) is 14.8. The highest BCUT2D eigenvalue weighted by Gasteiger charge is 2.31. The van der Waals surface area contributed by atoms with Crippen molar-refractivity contribution < 1.29 is 19.1 Å². The third kappa shape index (κ3) is 2.81. The highest BCUT2D eigenvalue weighted by molar-refractivity contribution is 6.08. The van der Waals surface area contributed by atoms with Crippen molar-refractivity contribution in [3.8, 4) is 0 Å². The van der Waals surface area contributed by atoms with Crippen LogP contribution in [0.1, 0.15) is 28.6 Å². The Morgan fingerprint density at radius 2 is 1.76 bits per heavy atom. The molecule has 110 valence electrons. The summed E-state index contributed by atoms with van der Waals surface area (Å²) in [5, 5.41) is 9.32. The number of furan rings is 1. The summed E-state index contributed by atoms with van der Waals surface area (Å²) in [6.45, 7) is 5.17. The number of carbonyl (C=O) groups excluding carboxylic acids is 1. The van der Waals surface area contributed by atoms with Gasteiger partial charge in [-0.2, -0.15) is 0 Å². The average molecular weight is 287 g/mol. The maximum atomic E-state index is 12.6. The van der Waals surface area contributed by atoms with Crippen molar-refractivity contribution in [3.63, 3.8) is 0 Å².